The zero-order valence-electron chi connectivity index (χ0n) is 17.8. The van der Waals surface area contributed by atoms with Crippen LogP contribution in [0.5, 0.6) is 0 Å². The number of carbonyl (C=O) groups excluding carboxylic acids is 2. The van der Waals surface area contributed by atoms with Crippen molar-refractivity contribution in [3.8, 4) is 0 Å². The summed E-state index contributed by atoms with van der Waals surface area (Å²) in [7, 11) is 0. The van der Waals surface area contributed by atoms with Gasteiger partial charge < -0.3 is 14.8 Å². The molecule has 2 aromatic carbocycles. The molecule has 158 valence electrons. The van der Waals surface area contributed by atoms with Gasteiger partial charge in [0.25, 0.3) is 5.91 Å². The topological polar surface area (TPSA) is 79.3 Å². The Labute approximate surface area is 177 Å². The number of aromatic nitrogens is 2. The van der Waals surface area contributed by atoms with Crippen LogP contribution in [0.4, 0.5) is 5.95 Å². The third-order valence-electron chi connectivity index (χ3n) is 5.24. The average molecular weight is 408 g/mol. The molecule has 0 aliphatic rings. The van der Waals surface area contributed by atoms with Gasteiger partial charge in [0.15, 0.2) is 0 Å². The summed E-state index contributed by atoms with van der Waals surface area (Å²) >= 11 is 0. The second-order valence-corrected chi connectivity index (χ2v) is 7.15. The quantitative estimate of drug-likeness (QED) is 0.571. The summed E-state index contributed by atoms with van der Waals surface area (Å²) in [5, 5.41) is 5.55. The highest BCUT2D eigenvalue weighted by Gasteiger charge is 2.15. The lowest BCUT2D eigenvalue weighted by Gasteiger charge is -2.19. The molecule has 2 N–H and O–H groups in total. The van der Waals surface area contributed by atoms with Crippen LogP contribution in [0.2, 0.25) is 0 Å². The summed E-state index contributed by atoms with van der Waals surface area (Å²) in [5.74, 6) is -0.0758. The minimum absolute atomic E-state index is 0.119. The van der Waals surface area contributed by atoms with E-state index in [2.05, 4.69) is 34.4 Å². The summed E-state index contributed by atoms with van der Waals surface area (Å²) in [4.78, 5) is 31.8. The summed E-state index contributed by atoms with van der Waals surface area (Å²) in [5.41, 5.74) is 3.24. The van der Waals surface area contributed by atoms with Crippen LogP contribution in [0, 0.1) is 6.92 Å². The summed E-state index contributed by atoms with van der Waals surface area (Å²) in [6.07, 6.45) is 0. The largest absolute Gasteiger partial charge is 0.343 e. The van der Waals surface area contributed by atoms with Crippen molar-refractivity contribution in [2.24, 2.45) is 0 Å². The molecular weight excluding hydrogens is 378 g/mol. The maximum atomic E-state index is 12.5. The van der Waals surface area contributed by atoms with E-state index < -0.39 is 0 Å². The Kier molecular flexibility index (Phi) is 7.19. The maximum absolute atomic E-state index is 12.5. The minimum atomic E-state index is -0.309. The first kappa shape index (κ1) is 21.5. The lowest BCUT2D eigenvalue weighted by atomic mass is 10.1. The molecule has 1 heterocycles. The highest BCUT2D eigenvalue weighted by Crippen LogP contribution is 2.19. The average Bonchev–Trinajstić information content (AvgIpc) is 3.10. The molecule has 0 bridgehead atoms. The van der Waals surface area contributed by atoms with Gasteiger partial charge in [0.1, 0.15) is 0 Å². The van der Waals surface area contributed by atoms with Crippen LogP contribution in [-0.4, -0.2) is 52.4 Å². The number of likely N-dealkylation sites (N-methyl/N-ethyl adjacent to an activating group) is 1. The van der Waals surface area contributed by atoms with Gasteiger partial charge in [-0.1, -0.05) is 44.2 Å². The molecule has 0 fully saturated rings. The van der Waals surface area contributed by atoms with Crippen LogP contribution >= 0.6 is 0 Å². The van der Waals surface area contributed by atoms with E-state index >= 15 is 0 Å². The van der Waals surface area contributed by atoms with Crippen molar-refractivity contribution in [1.82, 2.24) is 19.8 Å². The number of para-hydroxylation sites is 2. The zero-order chi connectivity index (χ0) is 21.5. The van der Waals surface area contributed by atoms with E-state index in [9.17, 15) is 9.59 Å². The number of rotatable bonds is 9. The standard InChI is InChI=1S/C23H29N5O2/c1-4-27(5-2)14-15-28-20-13-9-8-12-19(20)25-23(28)26-21(29)16-24-22(30)18-11-7-6-10-17(18)3/h6-13H,4-5,14-16H2,1-3H3,(H,24,30)(H,25,26,29). The molecule has 7 heteroatoms. The Bertz CT molecular complexity index is 1020. The predicted molar refractivity (Wildman–Crippen MR) is 120 cm³/mol. The second-order valence-electron chi connectivity index (χ2n) is 7.15. The molecule has 2 amide bonds. The first-order valence-electron chi connectivity index (χ1n) is 10.3. The smallest absolute Gasteiger partial charge is 0.251 e. The lowest BCUT2D eigenvalue weighted by molar-refractivity contribution is -0.115. The van der Waals surface area contributed by atoms with Gasteiger partial charge in [-0.05, 0) is 43.8 Å². The Balaban J connectivity index is 1.69. The number of imidazole rings is 1. The highest BCUT2D eigenvalue weighted by atomic mass is 16.2. The molecule has 0 aliphatic carbocycles. The molecule has 0 aliphatic heterocycles. The SMILES string of the molecule is CCN(CC)CCn1c(NC(=O)CNC(=O)c2ccccc2C)nc2ccccc21. The fourth-order valence-electron chi connectivity index (χ4n) is 3.43. The Morgan fingerprint density at radius 1 is 1.03 bits per heavy atom. The lowest BCUT2D eigenvalue weighted by Crippen LogP contribution is -2.34. The summed E-state index contributed by atoms with van der Waals surface area (Å²) in [6.45, 7) is 9.53. The van der Waals surface area contributed by atoms with Crippen LogP contribution in [0.3, 0.4) is 0 Å². The van der Waals surface area contributed by atoms with Gasteiger partial charge in [-0.2, -0.15) is 0 Å². The normalized spacial score (nSPS) is 11.1. The number of benzene rings is 2. The number of aryl methyl sites for hydroxylation is 1. The molecule has 0 radical (unpaired) electrons. The van der Waals surface area contributed by atoms with Crippen LogP contribution in [-0.2, 0) is 11.3 Å². The minimum Gasteiger partial charge on any atom is -0.343 e. The molecule has 7 nitrogen and oxygen atoms in total. The van der Waals surface area contributed by atoms with E-state index in [1.165, 1.54) is 0 Å². The molecular formula is C23H29N5O2. The fraction of sp³-hybridized carbons (Fsp3) is 0.348. The molecule has 0 unspecified atom stereocenters. The number of fused-ring (bicyclic) bond motifs is 1. The van der Waals surface area contributed by atoms with Crippen LogP contribution in [0.25, 0.3) is 11.0 Å². The van der Waals surface area contributed by atoms with E-state index in [0.717, 1.165) is 36.2 Å². The van der Waals surface area contributed by atoms with Gasteiger partial charge in [-0.3, -0.25) is 14.9 Å². The van der Waals surface area contributed by atoms with Crippen molar-refractivity contribution in [2.75, 3.05) is 31.5 Å². The Morgan fingerprint density at radius 2 is 1.73 bits per heavy atom. The molecule has 0 saturated carbocycles. The number of carbonyl (C=O) groups is 2. The molecule has 30 heavy (non-hydrogen) atoms. The van der Waals surface area contributed by atoms with Crippen molar-refractivity contribution >= 4 is 28.8 Å². The van der Waals surface area contributed by atoms with E-state index in [4.69, 9.17) is 0 Å². The molecule has 0 saturated heterocycles. The molecule has 1 aromatic heterocycles. The number of amides is 2. The monoisotopic (exact) mass is 407 g/mol. The fourth-order valence-corrected chi connectivity index (χ4v) is 3.43. The van der Waals surface area contributed by atoms with E-state index in [1.54, 1.807) is 12.1 Å². The number of hydrogen-bond acceptors (Lipinski definition) is 4. The first-order chi connectivity index (χ1) is 14.5. The summed E-state index contributed by atoms with van der Waals surface area (Å²) in [6, 6.07) is 15.1. The van der Waals surface area contributed by atoms with Crippen LogP contribution < -0.4 is 10.6 Å². The molecule has 0 atom stereocenters. The summed E-state index contributed by atoms with van der Waals surface area (Å²) < 4.78 is 2.02. The van der Waals surface area contributed by atoms with Gasteiger partial charge in [0.2, 0.25) is 11.9 Å². The Hall–Kier alpha value is -3.19. The third-order valence-corrected chi connectivity index (χ3v) is 5.24. The van der Waals surface area contributed by atoms with Gasteiger partial charge in [-0.15, -0.1) is 0 Å². The van der Waals surface area contributed by atoms with Gasteiger partial charge in [0, 0.05) is 18.7 Å². The van der Waals surface area contributed by atoms with Gasteiger partial charge in [0.05, 0.1) is 17.6 Å². The molecule has 3 aromatic rings. The first-order valence-corrected chi connectivity index (χ1v) is 10.3. The van der Waals surface area contributed by atoms with Crippen molar-refractivity contribution in [1.29, 1.82) is 0 Å². The van der Waals surface area contributed by atoms with E-state index in [0.29, 0.717) is 18.1 Å². The Morgan fingerprint density at radius 3 is 2.47 bits per heavy atom. The van der Waals surface area contributed by atoms with Crippen molar-refractivity contribution in [3.05, 3.63) is 59.7 Å². The number of anilines is 1. The number of nitrogens with one attached hydrogen (secondary N) is 2. The number of hydrogen-bond donors (Lipinski definition) is 2. The van der Waals surface area contributed by atoms with Crippen molar-refractivity contribution in [2.45, 2.75) is 27.3 Å². The van der Waals surface area contributed by atoms with Crippen LogP contribution in [0.1, 0.15) is 29.8 Å². The number of nitrogens with zero attached hydrogens (tertiary/aromatic N) is 3. The third kappa shape index (κ3) is 5.04. The molecule has 0 spiro atoms. The zero-order valence-corrected chi connectivity index (χ0v) is 17.8. The van der Waals surface area contributed by atoms with Gasteiger partial charge in [-0.25, -0.2) is 4.98 Å². The van der Waals surface area contributed by atoms with Crippen molar-refractivity contribution < 1.29 is 9.59 Å². The maximum Gasteiger partial charge on any atom is 0.251 e. The van der Waals surface area contributed by atoms with Crippen molar-refractivity contribution in [3.63, 3.8) is 0 Å². The molecule has 3 rings (SSSR count). The van der Waals surface area contributed by atoms with Crippen LogP contribution in [0.15, 0.2) is 48.5 Å². The van der Waals surface area contributed by atoms with E-state index in [1.807, 2.05) is 47.9 Å². The van der Waals surface area contributed by atoms with E-state index in [-0.39, 0.29) is 18.4 Å². The van der Waals surface area contributed by atoms with Gasteiger partial charge >= 0.3 is 0 Å². The highest BCUT2D eigenvalue weighted by molar-refractivity contribution is 6.00. The second kappa shape index (κ2) is 10.0. The predicted octanol–water partition coefficient (Wildman–Crippen LogP) is 3.06.